The molecule has 0 bridgehead atoms. The van der Waals surface area contributed by atoms with Crippen LogP contribution in [-0.4, -0.2) is 14.1 Å². The van der Waals surface area contributed by atoms with Crippen LogP contribution in [0.15, 0.2) is 243 Å². The zero-order valence-electron chi connectivity index (χ0n) is 50.1. The third-order valence-electron chi connectivity index (χ3n) is 17.3. The number of pyridine rings is 1. The van der Waals surface area contributed by atoms with Crippen molar-refractivity contribution in [3.8, 4) is 45.1 Å². The fourth-order valence-corrected chi connectivity index (χ4v) is 14.2. The van der Waals surface area contributed by atoms with E-state index in [1.165, 1.54) is 27.8 Å². The van der Waals surface area contributed by atoms with Crippen molar-refractivity contribution in [2.45, 2.75) is 84.0 Å². The van der Waals surface area contributed by atoms with Crippen molar-refractivity contribution < 1.29 is 24.1 Å². The molecule has 0 N–H and O–H groups in total. The standard InChI is InChI=1S/C79H67N5O.Pt/c1-76(2,3)55-43-44-69-64(47-55)79(62-37-19-21-39-67(62)83(57-31-17-12-18-32-57)68-40-22-20-38-63(68)79)65-50-66(78(7,8)9)73(51-72(65)84(69)74-48-56(45-46-80-74)77(4,5)6)85-59-34-25-33-58(49-59)81-52-82(71-42-24-23-41-70(71)81)75-60(53-27-13-10-14-28-53)35-26-36-61(75)54-29-15-11-16-30-54;/h10-48,50H,1-9H3;/q-2;. The third kappa shape index (κ3) is 9.03. The van der Waals surface area contributed by atoms with E-state index in [9.17, 15) is 0 Å². The maximum atomic E-state index is 7.48. The summed E-state index contributed by atoms with van der Waals surface area (Å²) in [4.78, 5) is 10.1. The number of nitrogens with zero attached hydrogens (tertiary/aromatic N) is 5. The second kappa shape index (κ2) is 20.9. The van der Waals surface area contributed by atoms with Crippen molar-refractivity contribution >= 4 is 45.3 Å². The Kier molecular flexibility index (Phi) is 13.3. The molecule has 0 radical (unpaired) electrons. The molecule has 0 atom stereocenters. The van der Waals surface area contributed by atoms with Crippen molar-refractivity contribution in [2.75, 3.05) is 9.80 Å². The molecular formula is C79H67N5OPt-2. The van der Waals surface area contributed by atoms with Crippen molar-refractivity contribution in [1.29, 1.82) is 0 Å². The molecule has 12 aromatic rings. The van der Waals surface area contributed by atoms with Crippen LogP contribution in [-0.2, 0) is 41.0 Å². The SMILES string of the molecule is CC(C)(C)c1ccnc(N2c3[c-]c(Oc4[c-]c(-n5[c](=[Pt])n(-c6c(-c7ccccc7)cccc6-c6ccccc6)c6ccccc65)ccc4)c(C(C)(C)C)cc3C3(c4cc(C(C)(C)C)ccc42)c2ccccc2N(c2ccccc2)c2ccccc23)c1. The van der Waals surface area contributed by atoms with Gasteiger partial charge in [0.2, 0.25) is 0 Å². The first-order valence-corrected chi connectivity index (χ1v) is 30.8. The summed E-state index contributed by atoms with van der Waals surface area (Å²) < 4.78 is 13.2. The molecule has 0 amide bonds. The van der Waals surface area contributed by atoms with Gasteiger partial charge in [0, 0.05) is 23.3 Å². The molecule has 2 aliphatic rings. The average Bonchev–Trinajstić information content (AvgIpc) is 0.796. The van der Waals surface area contributed by atoms with Crippen LogP contribution in [0.2, 0.25) is 0 Å². The summed E-state index contributed by atoms with van der Waals surface area (Å²) in [6.07, 6.45) is 1.96. The van der Waals surface area contributed by atoms with Crippen LogP contribution in [0.1, 0.15) is 101 Å². The van der Waals surface area contributed by atoms with Gasteiger partial charge in [0.1, 0.15) is 0 Å². The Bertz CT molecular complexity index is 4550. The Morgan fingerprint density at radius 2 is 0.977 bits per heavy atom. The summed E-state index contributed by atoms with van der Waals surface area (Å²) in [5.41, 5.74) is 20.4. The zero-order valence-corrected chi connectivity index (χ0v) is 52.3. The Balaban J connectivity index is 1.01. The normalized spacial score (nSPS) is 13.5. The molecule has 0 saturated carbocycles. The molecule has 86 heavy (non-hydrogen) atoms. The Hall–Kier alpha value is -9.09. The summed E-state index contributed by atoms with van der Waals surface area (Å²) in [5.74, 6) is 2.01. The first-order valence-electron chi connectivity index (χ1n) is 29.7. The summed E-state index contributed by atoms with van der Waals surface area (Å²) in [7, 11) is 0. The summed E-state index contributed by atoms with van der Waals surface area (Å²) in [6.45, 7) is 20.6. The van der Waals surface area contributed by atoms with Gasteiger partial charge in [0.25, 0.3) is 0 Å². The second-order valence-electron chi connectivity index (χ2n) is 25.8. The van der Waals surface area contributed by atoms with E-state index in [0.29, 0.717) is 11.5 Å². The fourth-order valence-electron chi connectivity index (χ4n) is 13.1. The van der Waals surface area contributed by atoms with Crippen molar-refractivity contribution in [3.63, 3.8) is 0 Å². The number of ether oxygens (including phenoxy) is 1. The predicted molar refractivity (Wildman–Crippen MR) is 350 cm³/mol. The number of para-hydroxylation sites is 6. The summed E-state index contributed by atoms with van der Waals surface area (Å²) in [5, 5.41) is 0. The molecule has 14 rings (SSSR count). The smallest absolute Gasteiger partial charge is 0.310 e. The van der Waals surface area contributed by atoms with Gasteiger partial charge in [-0.25, -0.2) is 0 Å². The van der Waals surface area contributed by atoms with E-state index < -0.39 is 10.8 Å². The van der Waals surface area contributed by atoms with Gasteiger partial charge in [-0.15, -0.1) is 0 Å². The predicted octanol–water partition coefficient (Wildman–Crippen LogP) is 20.5. The molecule has 7 heteroatoms. The van der Waals surface area contributed by atoms with Gasteiger partial charge in [-0.2, -0.15) is 0 Å². The van der Waals surface area contributed by atoms with Crippen LogP contribution in [0.3, 0.4) is 0 Å². The number of anilines is 6. The quantitative estimate of drug-likeness (QED) is 0.142. The number of imidazole rings is 1. The number of fused-ring (bicyclic) bond motifs is 9. The van der Waals surface area contributed by atoms with Crippen molar-refractivity contribution in [2.24, 2.45) is 0 Å². The summed E-state index contributed by atoms with van der Waals surface area (Å²) in [6, 6.07) is 93.8. The minimum Gasteiger partial charge on any atom is -0.310 e. The van der Waals surface area contributed by atoms with Gasteiger partial charge in [-0.3, -0.25) is 0 Å². The van der Waals surface area contributed by atoms with Gasteiger partial charge in [0.05, 0.1) is 0 Å². The first-order chi connectivity index (χ1) is 41.5. The van der Waals surface area contributed by atoms with Gasteiger partial charge >= 0.3 is 331 Å². The number of benzene rings is 10. The van der Waals surface area contributed by atoms with E-state index in [0.717, 1.165) is 93.8 Å². The van der Waals surface area contributed by atoms with Gasteiger partial charge < -0.3 is 4.90 Å². The topological polar surface area (TPSA) is 38.5 Å². The van der Waals surface area contributed by atoms with Crippen LogP contribution in [0.4, 0.5) is 34.3 Å². The maximum absolute atomic E-state index is 7.48. The van der Waals surface area contributed by atoms with Gasteiger partial charge in [-0.1, -0.05) is 108 Å². The van der Waals surface area contributed by atoms with Crippen LogP contribution >= 0.6 is 0 Å². The minimum absolute atomic E-state index is 0.148. The summed E-state index contributed by atoms with van der Waals surface area (Å²) >= 11 is 2.51. The van der Waals surface area contributed by atoms with Gasteiger partial charge in [0.15, 0.2) is 0 Å². The fraction of sp³-hybridized carbons (Fsp3) is 0.165. The van der Waals surface area contributed by atoms with E-state index >= 15 is 0 Å². The molecule has 0 fully saturated rings. The number of hydrogen-bond acceptors (Lipinski definition) is 4. The number of aromatic nitrogens is 3. The van der Waals surface area contributed by atoms with Crippen LogP contribution < -0.4 is 14.5 Å². The van der Waals surface area contributed by atoms with Crippen molar-refractivity contribution in [1.82, 2.24) is 14.1 Å². The molecule has 2 aromatic heterocycles. The van der Waals surface area contributed by atoms with Gasteiger partial charge in [-0.05, 0) is 52.3 Å². The van der Waals surface area contributed by atoms with E-state index in [1.807, 2.05) is 12.3 Å². The van der Waals surface area contributed by atoms with E-state index in [-0.39, 0.29) is 10.8 Å². The molecule has 4 heterocycles. The Labute approximate surface area is 516 Å². The molecule has 0 aliphatic carbocycles. The van der Waals surface area contributed by atoms with E-state index in [2.05, 4.69) is 343 Å². The number of rotatable bonds is 8. The molecule has 10 aromatic carbocycles. The monoisotopic (exact) mass is 1300 g/mol. The molecule has 2 aliphatic heterocycles. The average molecular weight is 1300 g/mol. The van der Waals surface area contributed by atoms with Crippen LogP contribution in [0.5, 0.6) is 11.5 Å². The Morgan fingerprint density at radius 1 is 0.442 bits per heavy atom. The van der Waals surface area contributed by atoms with Crippen LogP contribution in [0, 0.1) is 15.9 Å². The minimum atomic E-state index is -0.843. The molecule has 426 valence electrons. The van der Waals surface area contributed by atoms with Crippen molar-refractivity contribution in [3.05, 3.63) is 298 Å². The van der Waals surface area contributed by atoms with E-state index in [4.69, 9.17) is 9.72 Å². The second-order valence-corrected chi connectivity index (χ2v) is 26.8. The molecule has 6 nitrogen and oxygen atoms in total. The first kappa shape index (κ1) is 54.8. The Morgan fingerprint density at radius 3 is 1.58 bits per heavy atom. The molecular weight excluding hydrogens is 1230 g/mol. The number of hydrogen-bond donors (Lipinski definition) is 0. The molecule has 1 spiro atoms. The zero-order chi connectivity index (χ0) is 59.3. The molecule has 0 unspecified atom stereocenters. The molecule has 0 saturated heterocycles. The third-order valence-corrected chi connectivity index (χ3v) is 18.3. The van der Waals surface area contributed by atoms with Crippen LogP contribution in [0.25, 0.3) is 44.7 Å². The van der Waals surface area contributed by atoms with E-state index in [1.54, 1.807) is 0 Å².